The van der Waals surface area contributed by atoms with Crippen LogP contribution in [0.25, 0.3) is 0 Å². The van der Waals surface area contributed by atoms with Crippen LogP contribution in [0.2, 0.25) is 0 Å². The molecule has 0 saturated heterocycles. The van der Waals surface area contributed by atoms with E-state index in [4.69, 9.17) is 14.2 Å². The number of rotatable bonds is 47. The van der Waals surface area contributed by atoms with Crippen molar-refractivity contribution in [3.05, 3.63) is 0 Å². The highest BCUT2D eigenvalue weighted by atomic mass is 16.6. The van der Waals surface area contributed by atoms with Crippen LogP contribution in [0.1, 0.15) is 291 Å². The van der Waals surface area contributed by atoms with Gasteiger partial charge in [0, 0.05) is 19.3 Å². The predicted molar refractivity (Wildman–Crippen MR) is 252 cm³/mol. The minimum atomic E-state index is -0.761. The first-order valence-electron chi connectivity index (χ1n) is 26.2. The maximum Gasteiger partial charge on any atom is 0.306 e. The number of carbonyl (C=O) groups is 3. The summed E-state index contributed by atoms with van der Waals surface area (Å²) in [4.78, 5) is 37.9. The normalized spacial score (nSPS) is 12.1. The van der Waals surface area contributed by atoms with Crippen molar-refractivity contribution in [2.24, 2.45) is 11.8 Å². The molecule has 0 unspecified atom stereocenters. The van der Waals surface area contributed by atoms with Crippen molar-refractivity contribution in [2.45, 2.75) is 298 Å². The summed E-state index contributed by atoms with van der Waals surface area (Å²) in [5.41, 5.74) is 0. The smallest absolute Gasteiger partial charge is 0.306 e. The average Bonchev–Trinajstić information content (AvgIpc) is 3.20. The van der Waals surface area contributed by atoms with Crippen molar-refractivity contribution in [3.8, 4) is 0 Å². The molecule has 0 amide bonds. The number of hydrogen-bond donors (Lipinski definition) is 0. The number of unbranched alkanes of at least 4 members (excludes halogenated alkanes) is 32. The number of hydrogen-bond acceptors (Lipinski definition) is 6. The molecule has 0 radical (unpaired) electrons. The second-order valence-corrected chi connectivity index (χ2v) is 19.1. The van der Waals surface area contributed by atoms with Crippen molar-refractivity contribution in [3.63, 3.8) is 0 Å². The first kappa shape index (κ1) is 57.4. The van der Waals surface area contributed by atoms with Crippen LogP contribution in [0.4, 0.5) is 0 Å². The second kappa shape index (κ2) is 45.9. The van der Waals surface area contributed by atoms with Gasteiger partial charge in [0.15, 0.2) is 6.10 Å². The molecule has 0 aliphatic heterocycles. The molecule has 6 heteroatoms. The molecule has 0 heterocycles. The van der Waals surface area contributed by atoms with E-state index < -0.39 is 6.10 Å². The van der Waals surface area contributed by atoms with Crippen LogP contribution in [0.3, 0.4) is 0 Å². The Balaban J connectivity index is 4.31. The SMILES string of the molecule is CCCCCCCCCCCCCCC(=O)OC[C@H](COC(=O)CCCCCCCCCCCCC(C)C)OC(=O)CCCCCCCCCCCCCCCC(C)C. The molecule has 0 bridgehead atoms. The molecular formula is C53H102O6. The molecule has 1 atom stereocenters. The minimum Gasteiger partial charge on any atom is -0.462 e. The van der Waals surface area contributed by atoms with Crippen LogP contribution >= 0.6 is 0 Å². The van der Waals surface area contributed by atoms with Crippen molar-refractivity contribution in [1.29, 1.82) is 0 Å². The van der Waals surface area contributed by atoms with Gasteiger partial charge in [-0.3, -0.25) is 14.4 Å². The van der Waals surface area contributed by atoms with Crippen LogP contribution in [-0.2, 0) is 28.6 Å². The first-order valence-corrected chi connectivity index (χ1v) is 26.2. The minimum absolute atomic E-state index is 0.0635. The van der Waals surface area contributed by atoms with Crippen molar-refractivity contribution < 1.29 is 28.6 Å². The summed E-state index contributed by atoms with van der Waals surface area (Å²) >= 11 is 0. The highest BCUT2D eigenvalue weighted by Crippen LogP contribution is 2.17. The topological polar surface area (TPSA) is 78.9 Å². The van der Waals surface area contributed by atoms with E-state index >= 15 is 0 Å². The first-order chi connectivity index (χ1) is 28.7. The van der Waals surface area contributed by atoms with Gasteiger partial charge in [-0.2, -0.15) is 0 Å². The van der Waals surface area contributed by atoms with Crippen LogP contribution in [0.15, 0.2) is 0 Å². The van der Waals surface area contributed by atoms with E-state index in [1.807, 2.05) is 0 Å². The molecule has 0 saturated carbocycles. The fourth-order valence-electron chi connectivity index (χ4n) is 7.99. The summed E-state index contributed by atoms with van der Waals surface area (Å²) in [5, 5.41) is 0. The Bertz CT molecular complexity index is 900. The standard InChI is InChI=1S/C53H102O6/c1-6-7-8-9-10-11-12-17-23-28-33-38-43-51(54)57-46-50(47-58-52(55)44-39-34-29-24-20-19-22-27-32-37-42-49(4)5)59-53(56)45-40-35-30-25-18-15-13-14-16-21-26-31-36-41-48(2)3/h48-50H,6-47H2,1-5H3/t50-/m1/s1. The van der Waals surface area contributed by atoms with Crippen LogP contribution in [-0.4, -0.2) is 37.2 Å². The Morgan fingerprint density at radius 2 is 0.559 bits per heavy atom. The maximum atomic E-state index is 12.8. The van der Waals surface area contributed by atoms with Gasteiger partial charge in [0.2, 0.25) is 0 Å². The van der Waals surface area contributed by atoms with Gasteiger partial charge in [-0.25, -0.2) is 0 Å². The Kier molecular flexibility index (Phi) is 44.7. The van der Waals surface area contributed by atoms with Crippen molar-refractivity contribution >= 4 is 17.9 Å². The molecule has 6 nitrogen and oxygen atoms in total. The Labute approximate surface area is 368 Å². The van der Waals surface area contributed by atoms with E-state index in [2.05, 4.69) is 34.6 Å². The van der Waals surface area contributed by atoms with E-state index in [1.165, 1.54) is 180 Å². The van der Waals surface area contributed by atoms with E-state index in [1.54, 1.807) is 0 Å². The third kappa shape index (κ3) is 47.3. The number of esters is 3. The van der Waals surface area contributed by atoms with Crippen LogP contribution in [0, 0.1) is 11.8 Å². The number of carbonyl (C=O) groups excluding carboxylic acids is 3. The molecule has 0 rings (SSSR count). The fraction of sp³-hybridized carbons (Fsp3) is 0.943. The number of ether oxygens (including phenoxy) is 3. The van der Waals surface area contributed by atoms with Gasteiger partial charge >= 0.3 is 17.9 Å². The lowest BCUT2D eigenvalue weighted by molar-refractivity contribution is -0.167. The third-order valence-electron chi connectivity index (χ3n) is 12.0. The molecule has 0 spiro atoms. The quantitative estimate of drug-likeness (QED) is 0.0345. The highest BCUT2D eigenvalue weighted by Gasteiger charge is 2.19. The molecule has 350 valence electrons. The molecule has 0 fully saturated rings. The summed E-state index contributed by atoms with van der Waals surface area (Å²) in [5.74, 6) is 0.810. The summed E-state index contributed by atoms with van der Waals surface area (Å²) in [6, 6.07) is 0. The van der Waals surface area contributed by atoms with Crippen molar-refractivity contribution in [2.75, 3.05) is 13.2 Å². The van der Waals surface area contributed by atoms with E-state index in [9.17, 15) is 14.4 Å². The molecule has 59 heavy (non-hydrogen) atoms. The monoisotopic (exact) mass is 835 g/mol. The zero-order valence-corrected chi connectivity index (χ0v) is 40.4. The van der Waals surface area contributed by atoms with Crippen LogP contribution in [0.5, 0.6) is 0 Å². The highest BCUT2D eigenvalue weighted by molar-refractivity contribution is 5.71. The van der Waals surface area contributed by atoms with Crippen LogP contribution < -0.4 is 0 Å². The molecule has 0 aromatic rings. The van der Waals surface area contributed by atoms with E-state index in [0.29, 0.717) is 19.3 Å². The largest absolute Gasteiger partial charge is 0.462 e. The van der Waals surface area contributed by atoms with Gasteiger partial charge in [-0.15, -0.1) is 0 Å². The van der Waals surface area contributed by atoms with E-state index in [0.717, 1.165) is 69.6 Å². The summed E-state index contributed by atoms with van der Waals surface area (Å²) in [7, 11) is 0. The maximum absolute atomic E-state index is 12.8. The molecule has 0 N–H and O–H groups in total. The van der Waals surface area contributed by atoms with E-state index in [-0.39, 0.29) is 31.1 Å². The third-order valence-corrected chi connectivity index (χ3v) is 12.0. The predicted octanol–water partition coefficient (Wildman–Crippen LogP) is 16.9. The average molecular weight is 835 g/mol. The molecule has 0 aromatic heterocycles. The lowest BCUT2D eigenvalue weighted by Crippen LogP contribution is -2.30. The molecule has 0 aliphatic carbocycles. The summed E-state index contributed by atoms with van der Waals surface area (Å²) in [6.07, 6.45) is 46.6. The molecule has 0 aromatic carbocycles. The van der Waals surface area contributed by atoms with Gasteiger partial charge < -0.3 is 14.2 Å². The fourth-order valence-corrected chi connectivity index (χ4v) is 7.99. The Morgan fingerprint density at radius 3 is 0.831 bits per heavy atom. The Hall–Kier alpha value is -1.59. The summed E-state index contributed by atoms with van der Waals surface area (Å²) < 4.78 is 16.8. The molecular weight excluding hydrogens is 733 g/mol. The lowest BCUT2D eigenvalue weighted by Gasteiger charge is -2.18. The lowest BCUT2D eigenvalue weighted by atomic mass is 10.0. The zero-order chi connectivity index (χ0) is 43.3. The Morgan fingerprint density at radius 1 is 0.322 bits per heavy atom. The van der Waals surface area contributed by atoms with Gasteiger partial charge in [0.05, 0.1) is 0 Å². The zero-order valence-electron chi connectivity index (χ0n) is 40.4. The molecule has 0 aliphatic rings. The second-order valence-electron chi connectivity index (χ2n) is 19.1. The summed E-state index contributed by atoms with van der Waals surface area (Å²) in [6.45, 7) is 11.4. The van der Waals surface area contributed by atoms with Gasteiger partial charge in [0.25, 0.3) is 0 Å². The van der Waals surface area contributed by atoms with Gasteiger partial charge in [-0.1, -0.05) is 253 Å². The van der Waals surface area contributed by atoms with Gasteiger partial charge in [0.1, 0.15) is 13.2 Å². The van der Waals surface area contributed by atoms with Crippen molar-refractivity contribution in [1.82, 2.24) is 0 Å². The van der Waals surface area contributed by atoms with Gasteiger partial charge in [-0.05, 0) is 31.1 Å².